The molecule has 272 valence electrons. The van der Waals surface area contributed by atoms with Crippen LogP contribution in [0.4, 0.5) is 0 Å². The summed E-state index contributed by atoms with van der Waals surface area (Å²) in [5.41, 5.74) is 2.54. The Kier molecular flexibility index (Phi) is 16.2. The summed E-state index contributed by atoms with van der Waals surface area (Å²) >= 11 is 0. The molecule has 0 aromatic carbocycles. The topological polar surface area (TPSA) is 26.3 Å². The van der Waals surface area contributed by atoms with Crippen molar-refractivity contribution < 1.29 is 9.53 Å². The highest BCUT2D eigenvalue weighted by Gasteiger charge is 2.59. The number of hydrogen-bond donors (Lipinski definition) is 0. The highest BCUT2D eigenvalue weighted by atomic mass is 16.5. The van der Waals surface area contributed by atoms with Crippen molar-refractivity contribution in [2.24, 2.45) is 46.3 Å². The number of hydrogen-bond acceptors (Lipinski definition) is 2. The Morgan fingerprint density at radius 2 is 1.36 bits per heavy atom. The Morgan fingerprint density at radius 3 is 1.98 bits per heavy atom. The SMILES string of the molecule is CCCCCCCCCCCCCCCCCC(=O)O[C@H]1CC[C@@]2(C)C(=CC[C@H]3[C@@H]4CC[C@H]([C@H](C)CCCC(C)C)[C@@]4(C)CC[C@@H]32)[13CH2]1. The van der Waals surface area contributed by atoms with Gasteiger partial charge in [-0.15, -0.1) is 0 Å². The van der Waals surface area contributed by atoms with Crippen molar-refractivity contribution in [1.82, 2.24) is 0 Å². The van der Waals surface area contributed by atoms with Crippen LogP contribution >= 0.6 is 0 Å². The predicted octanol–water partition coefficient (Wildman–Crippen LogP) is 14.2. The summed E-state index contributed by atoms with van der Waals surface area (Å²) in [4.78, 5) is 12.8. The number of unbranched alkanes of at least 4 members (excludes halogenated alkanes) is 14. The quantitative estimate of drug-likeness (QED) is 0.0503. The summed E-state index contributed by atoms with van der Waals surface area (Å²) in [6, 6.07) is 0. The summed E-state index contributed by atoms with van der Waals surface area (Å²) in [6.45, 7) is 15.0. The van der Waals surface area contributed by atoms with Crippen LogP contribution in [0.15, 0.2) is 11.6 Å². The van der Waals surface area contributed by atoms with Crippen molar-refractivity contribution >= 4 is 5.97 Å². The molecule has 0 radical (unpaired) electrons. The first kappa shape index (κ1) is 39.0. The molecule has 4 rings (SSSR count). The zero-order valence-electron chi connectivity index (χ0n) is 32.5. The second-order valence-corrected chi connectivity index (χ2v) is 18.3. The predicted molar refractivity (Wildman–Crippen MR) is 202 cm³/mol. The van der Waals surface area contributed by atoms with Crippen LogP contribution in [-0.4, -0.2) is 12.1 Å². The summed E-state index contributed by atoms with van der Waals surface area (Å²) in [7, 11) is 0. The van der Waals surface area contributed by atoms with Gasteiger partial charge in [-0.3, -0.25) is 4.79 Å². The van der Waals surface area contributed by atoms with Crippen molar-refractivity contribution in [3.8, 4) is 0 Å². The van der Waals surface area contributed by atoms with Crippen molar-refractivity contribution in [2.45, 2.75) is 221 Å². The van der Waals surface area contributed by atoms with E-state index in [9.17, 15) is 4.79 Å². The number of esters is 1. The second-order valence-electron chi connectivity index (χ2n) is 18.3. The third kappa shape index (κ3) is 10.8. The molecular weight excluding hydrogens is 573 g/mol. The molecule has 2 heteroatoms. The summed E-state index contributed by atoms with van der Waals surface area (Å²) in [5, 5.41) is 0. The van der Waals surface area contributed by atoms with Gasteiger partial charge < -0.3 is 4.74 Å². The molecule has 3 fully saturated rings. The molecule has 4 aliphatic rings. The highest BCUT2D eigenvalue weighted by molar-refractivity contribution is 5.69. The lowest BCUT2D eigenvalue weighted by Gasteiger charge is -2.58. The molecule has 0 N–H and O–H groups in total. The molecule has 0 saturated heterocycles. The Morgan fingerprint density at radius 1 is 0.745 bits per heavy atom. The molecule has 8 atom stereocenters. The fraction of sp³-hybridized carbons (Fsp3) is 0.933. The fourth-order valence-electron chi connectivity index (χ4n) is 11.6. The van der Waals surface area contributed by atoms with Gasteiger partial charge in [0.15, 0.2) is 0 Å². The lowest BCUT2D eigenvalue weighted by molar-refractivity contribution is -0.151. The number of allylic oxidation sites excluding steroid dienone is 1. The van der Waals surface area contributed by atoms with E-state index in [1.54, 1.807) is 5.57 Å². The minimum Gasteiger partial charge on any atom is -0.462 e. The van der Waals surface area contributed by atoms with Crippen LogP contribution < -0.4 is 0 Å². The first-order valence-corrected chi connectivity index (χ1v) is 21.6. The molecule has 0 unspecified atom stereocenters. The summed E-state index contributed by atoms with van der Waals surface area (Å²) in [6.07, 6.45) is 38.4. The normalized spacial score (nSPS) is 32.4. The first-order chi connectivity index (χ1) is 22.7. The van der Waals surface area contributed by atoms with Gasteiger partial charge in [0.1, 0.15) is 6.10 Å². The van der Waals surface area contributed by atoms with Crippen molar-refractivity contribution in [2.75, 3.05) is 0 Å². The van der Waals surface area contributed by atoms with Crippen LogP contribution in [0.2, 0.25) is 0 Å². The molecule has 4 aliphatic carbocycles. The molecule has 0 spiro atoms. The van der Waals surface area contributed by atoms with E-state index in [2.05, 4.69) is 47.6 Å². The molecule has 0 aliphatic heterocycles. The van der Waals surface area contributed by atoms with E-state index in [1.807, 2.05) is 0 Å². The van der Waals surface area contributed by atoms with E-state index in [0.717, 1.165) is 54.8 Å². The lowest BCUT2D eigenvalue weighted by Crippen LogP contribution is -2.51. The standard InChI is InChI=1S/C45H80O2/c1-7-8-9-10-11-12-13-14-15-16-17-18-19-20-21-25-43(46)47-38-30-32-44(5)37(34-38)26-27-39-41-29-28-40(36(4)24-22-23-35(2)3)45(41,6)33-31-42(39)44/h26,35-36,38-42H,7-25,27-34H2,1-6H3/t36-,38+,39+,40-,41+,42+,44+,45-/m1/s1/i34+1. The molecule has 0 amide bonds. The van der Waals surface area contributed by atoms with Crippen LogP contribution in [0.5, 0.6) is 0 Å². The fourth-order valence-corrected chi connectivity index (χ4v) is 11.6. The van der Waals surface area contributed by atoms with Gasteiger partial charge >= 0.3 is 5.97 Å². The molecular formula is C45H80O2. The lowest BCUT2D eigenvalue weighted by atomic mass is 9.48. The van der Waals surface area contributed by atoms with E-state index in [0.29, 0.717) is 17.3 Å². The third-order valence-electron chi connectivity index (χ3n) is 14.5. The average molecular weight is 654 g/mol. The summed E-state index contributed by atoms with van der Waals surface area (Å²) in [5.74, 6) is 5.34. The minimum absolute atomic E-state index is 0.0653. The zero-order chi connectivity index (χ0) is 33.7. The average Bonchev–Trinajstić information content (AvgIpc) is 3.40. The smallest absolute Gasteiger partial charge is 0.306 e. The van der Waals surface area contributed by atoms with E-state index in [1.165, 1.54) is 148 Å². The molecule has 0 aromatic heterocycles. The van der Waals surface area contributed by atoms with E-state index >= 15 is 0 Å². The Bertz CT molecular complexity index is 934. The number of carbonyl (C=O) groups excluding carboxylic acids is 1. The maximum absolute atomic E-state index is 12.8. The van der Waals surface area contributed by atoms with Gasteiger partial charge in [-0.1, -0.05) is 162 Å². The first-order valence-electron chi connectivity index (χ1n) is 21.6. The minimum atomic E-state index is 0.0653. The molecule has 0 heterocycles. The monoisotopic (exact) mass is 654 g/mol. The van der Waals surface area contributed by atoms with E-state index < -0.39 is 0 Å². The van der Waals surface area contributed by atoms with Gasteiger partial charge in [0.25, 0.3) is 0 Å². The molecule has 0 bridgehead atoms. The van der Waals surface area contributed by atoms with Gasteiger partial charge in [-0.05, 0) is 97.7 Å². The molecule has 0 aromatic rings. The van der Waals surface area contributed by atoms with Crippen LogP contribution in [0.1, 0.15) is 215 Å². The Hall–Kier alpha value is -0.790. The number of ether oxygens (including phenoxy) is 1. The second kappa shape index (κ2) is 19.6. The number of rotatable bonds is 22. The summed E-state index contributed by atoms with van der Waals surface area (Å²) < 4.78 is 6.13. The van der Waals surface area contributed by atoms with E-state index in [4.69, 9.17) is 4.74 Å². The van der Waals surface area contributed by atoms with Gasteiger partial charge in [-0.25, -0.2) is 0 Å². The van der Waals surface area contributed by atoms with Crippen LogP contribution in [0.25, 0.3) is 0 Å². The van der Waals surface area contributed by atoms with Gasteiger partial charge in [0, 0.05) is 12.8 Å². The van der Waals surface area contributed by atoms with Crippen LogP contribution in [-0.2, 0) is 9.53 Å². The number of carbonyl (C=O) groups is 1. The van der Waals surface area contributed by atoms with E-state index in [-0.39, 0.29) is 12.1 Å². The van der Waals surface area contributed by atoms with Crippen LogP contribution in [0.3, 0.4) is 0 Å². The Labute approximate surface area is 293 Å². The highest BCUT2D eigenvalue weighted by Crippen LogP contribution is 2.67. The van der Waals surface area contributed by atoms with Crippen molar-refractivity contribution in [3.05, 3.63) is 11.6 Å². The molecule has 3 saturated carbocycles. The van der Waals surface area contributed by atoms with Gasteiger partial charge in [-0.2, -0.15) is 0 Å². The maximum atomic E-state index is 12.8. The molecule has 47 heavy (non-hydrogen) atoms. The van der Waals surface area contributed by atoms with Gasteiger partial charge in [0.05, 0.1) is 0 Å². The molecule has 2 nitrogen and oxygen atoms in total. The third-order valence-corrected chi connectivity index (χ3v) is 14.5. The Balaban J connectivity index is 1.10. The van der Waals surface area contributed by atoms with Crippen molar-refractivity contribution in [1.29, 1.82) is 0 Å². The van der Waals surface area contributed by atoms with Crippen LogP contribution in [0, 0.1) is 46.3 Å². The van der Waals surface area contributed by atoms with Gasteiger partial charge in [0.2, 0.25) is 0 Å². The maximum Gasteiger partial charge on any atom is 0.306 e. The number of fused-ring (bicyclic) bond motifs is 5. The van der Waals surface area contributed by atoms with Crippen molar-refractivity contribution in [3.63, 3.8) is 0 Å². The zero-order valence-corrected chi connectivity index (χ0v) is 32.5. The largest absolute Gasteiger partial charge is 0.462 e.